The van der Waals surface area contributed by atoms with Crippen LogP contribution in [0.25, 0.3) is 10.2 Å². The van der Waals surface area contributed by atoms with E-state index in [0.29, 0.717) is 19.0 Å². The zero-order valence-electron chi connectivity index (χ0n) is 14.9. The number of para-hydroxylation sites is 1. The number of nitrogens with one attached hydrogen (secondary N) is 2. The summed E-state index contributed by atoms with van der Waals surface area (Å²) < 4.78 is 6.37. The van der Waals surface area contributed by atoms with Crippen LogP contribution in [0.4, 0.5) is 5.88 Å². The minimum atomic E-state index is -0.110. The van der Waals surface area contributed by atoms with Gasteiger partial charge >= 0.3 is 0 Å². The number of quaternary nitrogens is 1. The molecule has 0 saturated carbocycles. The molecular formula is C18H23N4O2S+. The quantitative estimate of drug-likeness (QED) is 0.733. The molecule has 3 rings (SSSR count). The van der Waals surface area contributed by atoms with Crippen molar-refractivity contribution in [1.82, 2.24) is 10.1 Å². The Morgan fingerprint density at radius 3 is 2.76 bits per heavy atom. The molecule has 2 heterocycles. The smallest absolute Gasteiger partial charge is 0.281 e. The van der Waals surface area contributed by atoms with Gasteiger partial charge in [0.25, 0.3) is 5.91 Å². The van der Waals surface area contributed by atoms with Gasteiger partial charge in [-0.05, 0) is 12.1 Å². The molecule has 0 bridgehead atoms. The Labute approximate surface area is 150 Å². The molecule has 25 heavy (non-hydrogen) atoms. The number of thiazole rings is 1. The second kappa shape index (κ2) is 6.93. The molecule has 1 amide bonds. The van der Waals surface area contributed by atoms with E-state index in [1.807, 2.05) is 46.0 Å². The molecule has 0 saturated heterocycles. The van der Waals surface area contributed by atoms with Crippen LogP contribution in [-0.2, 0) is 16.8 Å². The van der Waals surface area contributed by atoms with E-state index in [4.69, 9.17) is 4.52 Å². The normalized spacial score (nSPS) is 13.1. The molecule has 132 valence electrons. The number of likely N-dealkylation sites (N-methyl/N-ethyl adjacent to an activating group) is 1. The van der Waals surface area contributed by atoms with E-state index in [9.17, 15) is 4.79 Å². The van der Waals surface area contributed by atoms with Crippen LogP contribution in [0.15, 0.2) is 34.9 Å². The molecule has 7 heteroatoms. The number of hydrogen-bond acceptors (Lipinski definition) is 5. The van der Waals surface area contributed by atoms with E-state index in [1.165, 1.54) is 4.70 Å². The highest BCUT2D eigenvalue weighted by atomic mass is 32.1. The van der Waals surface area contributed by atoms with Crippen LogP contribution in [-0.4, -0.2) is 29.6 Å². The lowest BCUT2D eigenvalue weighted by atomic mass is 9.92. The number of benzene rings is 1. The summed E-state index contributed by atoms with van der Waals surface area (Å²) in [5.41, 5.74) is 1.72. The maximum absolute atomic E-state index is 12.2. The first-order chi connectivity index (χ1) is 11.8. The number of hydrogen-bond donors (Lipinski definition) is 2. The van der Waals surface area contributed by atoms with Gasteiger partial charge in [0.1, 0.15) is 11.6 Å². The van der Waals surface area contributed by atoms with E-state index in [1.54, 1.807) is 17.4 Å². The molecule has 1 aromatic carbocycles. The summed E-state index contributed by atoms with van der Waals surface area (Å²) in [6, 6.07) is 9.85. The van der Waals surface area contributed by atoms with Crippen LogP contribution in [0.1, 0.15) is 31.5 Å². The zero-order valence-corrected chi connectivity index (χ0v) is 15.7. The number of rotatable bonds is 5. The first-order valence-electron chi connectivity index (χ1n) is 8.24. The van der Waals surface area contributed by atoms with Crippen molar-refractivity contribution in [3.63, 3.8) is 0 Å². The van der Waals surface area contributed by atoms with Crippen LogP contribution in [0.5, 0.6) is 0 Å². The van der Waals surface area contributed by atoms with E-state index in [-0.39, 0.29) is 11.3 Å². The minimum absolute atomic E-state index is 0.102. The number of carbonyl (C=O) groups excluding carboxylic acids is 1. The molecule has 0 aliphatic carbocycles. The predicted octanol–water partition coefficient (Wildman–Crippen LogP) is 2.24. The van der Waals surface area contributed by atoms with Crippen LogP contribution < -0.4 is 10.2 Å². The van der Waals surface area contributed by atoms with Gasteiger partial charge in [-0.3, -0.25) is 10.1 Å². The number of fused-ring (bicyclic) bond motifs is 1. The second-order valence-corrected chi connectivity index (χ2v) is 8.38. The number of amides is 1. The molecule has 3 aromatic rings. The number of aromatic nitrogens is 2. The standard InChI is InChI=1S/C18H22N4O2S/c1-18(2,3)14-9-16(24-21-14)20-15(23)10-22(4)11-17-19-12-7-5-6-8-13(12)25-17/h5-9H,10-11H2,1-4H3,(H,20,23)/p+1. The molecule has 2 aromatic heterocycles. The monoisotopic (exact) mass is 359 g/mol. The number of carbonyl (C=O) groups is 1. The summed E-state index contributed by atoms with van der Waals surface area (Å²) >= 11 is 1.67. The Balaban J connectivity index is 1.56. The van der Waals surface area contributed by atoms with Gasteiger partial charge in [0.05, 0.1) is 23.0 Å². The molecule has 2 N–H and O–H groups in total. The van der Waals surface area contributed by atoms with Crippen molar-refractivity contribution >= 4 is 33.3 Å². The van der Waals surface area contributed by atoms with Gasteiger partial charge in [0.15, 0.2) is 6.54 Å². The summed E-state index contributed by atoms with van der Waals surface area (Å²) in [5.74, 6) is 0.290. The van der Waals surface area contributed by atoms with Gasteiger partial charge in [0.2, 0.25) is 5.88 Å². The van der Waals surface area contributed by atoms with Gasteiger partial charge in [-0.25, -0.2) is 4.98 Å². The average Bonchev–Trinajstić information content (AvgIpc) is 3.12. The Morgan fingerprint density at radius 1 is 1.32 bits per heavy atom. The van der Waals surface area contributed by atoms with Gasteiger partial charge in [0, 0.05) is 11.5 Å². The van der Waals surface area contributed by atoms with E-state index in [2.05, 4.69) is 21.5 Å². The SMILES string of the molecule is C[NH+](CC(=O)Nc1cc(C(C)(C)C)no1)Cc1nc2ccccc2s1. The third-order valence-electron chi connectivity index (χ3n) is 3.79. The summed E-state index contributed by atoms with van der Waals surface area (Å²) in [7, 11) is 1.98. The van der Waals surface area contributed by atoms with Crippen molar-refractivity contribution in [2.24, 2.45) is 0 Å². The van der Waals surface area contributed by atoms with Gasteiger partial charge in [-0.1, -0.05) is 38.1 Å². The third kappa shape index (κ3) is 4.43. The Hall–Kier alpha value is -2.25. The van der Waals surface area contributed by atoms with Crippen LogP contribution >= 0.6 is 11.3 Å². The largest absolute Gasteiger partial charge is 0.338 e. The van der Waals surface area contributed by atoms with Crippen LogP contribution in [0, 0.1) is 0 Å². The highest BCUT2D eigenvalue weighted by Gasteiger charge is 2.20. The maximum Gasteiger partial charge on any atom is 0.281 e. The number of nitrogens with zero attached hydrogens (tertiary/aromatic N) is 2. The molecule has 0 aliphatic heterocycles. The Kier molecular flexibility index (Phi) is 4.87. The molecule has 0 fully saturated rings. The van der Waals surface area contributed by atoms with Crippen LogP contribution in [0.2, 0.25) is 0 Å². The van der Waals surface area contributed by atoms with Crippen molar-refractivity contribution < 1.29 is 14.2 Å². The van der Waals surface area contributed by atoms with E-state index < -0.39 is 0 Å². The van der Waals surface area contributed by atoms with Crippen molar-refractivity contribution in [2.45, 2.75) is 32.7 Å². The zero-order chi connectivity index (χ0) is 18.0. The summed E-state index contributed by atoms with van der Waals surface area (Å²) in [6.45, 7) is 7.18. The van der Waals surface area contributed by atoms with Gasteiger partial charge in [-0.15, -0.1) is 11.3 Å². The molecular weight excluding hydrogens is 336 g/mol. The fraction of sp³-hybridized carbons (Fsp3) is 0.389. The summed E-state index contributed by atoms with van der Waals surface area (Å²) in [4.78, 5) is 17.9. The molecule has 1 atom stereocenters. The van der Waals surface area contributed by atoms with E-state index in [0.717, 1.165) is 21.1 Å². The molecule has 0 aliphatic rings. The van der Waals surface area contributed by atoms with E-state index >= 15 is 0 Å². The lowest BCUT2D eigenvalue weighted by Crippen LogP contribution is -3.08. The fourth-order valence-electron chi connectivity index (χ4n) is 2.46. The molecule has 1 unspecified atom stereocenters. The fourth-order valence-corrected chi connectivity index (χ4v) is 3.54. The first-order valence-corrected chi connectivity index (χ1v) is 9.06. The Morgan fingerprint density at radius 2 is 2.08 bits per heavy atom. The van der Waals surface area contributed by atoms with Gasteiger partial charge < -0.3 is 9.42 Å². The maximum atomic E-state index is 12.2. The second-order valence-electron chi connectivity index (χ2n) is 7.26. The summed E-state index contributed by atoms with van der Waals surface area (Å²) in [5, 5.41) is 7.81. The average molecular weight is 359 g/mol. The Bertz CT molecular complexity index is 845. The third-order valence-corrected chi connectivity index (χ3v) is 4.83. The van der Waals surface area contributed by atoms with Crippen molar-refractivity contribution in [2.75, 3.05) is 18.9 Å². The highest BCUT2D eigenvalue weighted by Crippen LogP contribution is 2.23. The summed E-state index contributed by atoms with van der Waals surface area (Å²) in [6.07, 6.45) is 0. The van der Waals surface area contributed by atoms with Crippen molar-refractivity contribution in [1.29, 1.82) is 0 Å². The number of anilines is 1. The van der Waals surface area contributed by atoms with Gasteiger partial charge in [-0.2, -0.15) is 0 Å². The van der Waals surface area contributed by atoms with Crippen LogP contribution in [0.3, 0.4) is 0 Å². The highest BCUT2D eigenvalue weighted by molar-refractivity contribution is 7.18. The molecule has 6 nitrogen and oxygen atoms in total. The lowest BCUT2D eigenvalue weighted by molar-refractivity contribution is -0.885. The van der Waals surface area contributed by atoms with Crippen molar-refractivity contribution in [3.8, 4) is 0 Å². The first kappa shape index (κ1) is 17.6. The molecule has 0 spiro atoms. The molecule has 0 radical (unpaired) electrons. The van der Waals surface area contributed by atoms with Crippen molar-refractivity contribution in [3.05, 3.63) is 41.0 Å². The topological polar surface area (TPSA) is 72.5 Å². The predicted molar refractivity (Wildman–Crippen MR) is 98.9 cm³/mol. The minimum Gasteiger partial charge on any atom is -0.338 e. The lowest BCUT2D eigenvalue weighted by Gasteiger charge is -2.12.